The quantitative estimate of drug-likeness (QED) is 0.0958. The molecule has 0 bridgehead atoms. The van der Waals surface area contributed by atoms with Crippen LogP contribution in [-0.4, -0.2) is 40.4 Å². The first kappa shape index (κ1) is 31.1. The van der Waals surface area contributed by atoms with E-state index in [1.807, 2.05) is 79.7 Å². The number of carbonyl (C=O) groups excluding carboxylic acids is 4. The van der Waals surface area contributed by atoms with E-state index in [1.165, 1.54) is 24.3 Å². The van der Waals surface area contributed by atoms with Gasteiger partial charge in [0.2, 0.25) is 11.8 Å². The van der Waals surface area contributed by atoms with Crippen molar-refractivity contribution in [1.29, 1.82) is 5.26 Å². The zero-order valence-corrected chi connectivity index (χ0v) is 26.1. The highest BCUT2D eigenvalue weighted by Crippen LogP contribution is 2.36. The maximum Gasteiger partial charge on any atom is 0.338 e. The standard InChI is InChI=1S/C38H27N3O5S/c1-24-20-30(22-39)36(40-35(24)28-10-6-3-7-11-28)47-33-21-34(43)41(37(33)44)31-18-16-29(17-19-31)38(45)46-23-32(42)27-14-12-26(13-15-27)25-8-4-2-5-9-25/h2-20,33H,21,23H2,1H3. The van der Waals surface area contributed by atoms with Gasteiger partial charge in [0.25, 0.3) is 0 Å². The number of benzene rings is 4. The molecule has 1 saturated heterocycles. The minimum absolute atomic E-state index is 0.0666. The van der Waals surface area contributed by atoms with Crippen molar-refractivity contribution in [2.75, 3.05) is 11.5 Å². The number of imide groups is 1. The van der Waals surface area contributed by atoms with Gasteiger partial charge in [-0.1, -0.05) is 96.7 Å². The number of Topliss-reactive ketones (excluding diaryl/α,β-unsaturated/α-hetero) is 1. The van der Waals surface area contributed by atoms with E-state index in [0.717, 1.165) is 38.9 Å². The zero-order valence-electron chi connectivity index (χ0n) is 25.3. The smallest absolute Gasteiger partial charge is 0.338 e. The molecule has 0 aliphatic carbocycles. The van der Waals surface area contributed by atoms with Crippen molar-refractivity contribution in [3.63, 3.8) is 0 Å². The molecule has 1 unspecified atom stereocenters. The van der Waals surface area contributed by atoms with Crippen molar-refractivity contribution in [3.8, 4) is 28.5 Å². The molecule has 1 atom stereocenters. The van der Waals surface area contributed by atoms with E-state index >= 15 is 0 Å². The van der Waals surface area contributed by atoms with Crippen molar-refractivity contribution in [2.45, 2.75) is 23.6 Å². The summed E-state index contributed by atoms with van der Waals surface area (Å²) in [7, 11) is 0. The second-order valence-electron chi connectivity index (χ2n) is 10.9. The van der Waals surface area contributed by atoms with Crippen LogP contribution in [0.15, 0.2) is 120 Å². The molecule has 2 heterocycles. The summed E-state index contributed by atoms with van der Waals surface area (Å²) < 4.78 is 5.25. The Labute approximate surface area is 275 Å². The number of aromatic nitrogens is 1. The van der Waals surface area contributed by atoms with E-state index in [-0.39, 0.29) is 17.8 Å². The lowest BCUT2D eigenvalue weighted by Crippen LogP contribution is -2.31. The van der Waals surface area contributed by atoms with Crippen LogP contribution >= 0.6 is 11.8 Å². The number of pyridine rings is 1. The highest BCUT2D eigenvalue weighted by atomic mass is 32.2. The number of aryl methyl sites for hydroxylation is 1. The fraction of sp³-hybridized carbons (Fsp3) is 0.105. The number of nitrogens with zero attached hydrogens (tertiary/aromatic N) is 3. The van der Waals surface area contributed by atoms with Gasteiger partial charge in [-0.25, -0.2) is 14.7 Å². The van der Waals surface area contributed by atoms with Gasteiger partial charge in [-0.15, -0.1) is 0 Å². The number of esters is 1. The summed E-state index contributed by atoms with van der Waals surface area (Å²) in [5.74, 6) is -1.89. The van der Waals surface area contributed by atoms with Gasteiger partial charge in [-0.2, -0.15) is 5.26 Å². The average Bonchev–Trinajstić information content (AvgIpc) is 3.39. The molecular weight excluding hydrogens is 611 g/mol. The predicted octanol–water partition coefficient (Wildman–Crippen LogP) is 7.06. The van der Waals surface area contributed by atoms with Gasteiger partial charge in [-0.3, -0.25) is 14.4 Å². The molecular formula is C38H27N3O5S. The Hall–Kier alpha value is -5.85. The third kappa shape index (κ3) is 6.73. The lowest BCUT2D eigenvalue weighted by molar-refractivity contribution is -0.121. The normalized spacial score (nSPS) is 14.1. The molecule has 1 aromatic heterocycles. The van der Waals surface area contributed by atoms with Gasteiger partial charge in [0.15, 0.2) is 12.4 Å². The number of ketones is 1. The van der Waals surface area contributed by atoms with Crippen LogP contribution in [0.5, 0.6) is 0 Å². The van der Waals surface area contributed by atoms with Crippen molar-refractivity contribution < 1.29 is 23.9 Å². The van der Waals surface area contributed by atoms with Gasteiger partial charge in [0.05, 0.1) is 27.8 Å². The topological polar surface area (TPSA) is 117 Å². The molecule has 230 valence electrons. The summed E-state index contributed by atoms with van der Waals surface area (Å²) in [4.78, 5) is 57.5. The van der Waals surface area contributed by atoms with E-state index < -0.39 is 29.6 Å². The number of anilines is 1. The summed E-state index contributed by atoms with van der Waals surface area (Å²) in [6, 6.07) is 36.1. The molecule has 47 heavy (non-hydrogen) atoms. The molecule has 2 amide bonds. The fourth-order valence-corrected chi connectivity index (χ4v) is 6.36. The second-order valence-corrected chi connectivity index (χ2v) is 12.0. The molecule has 4 aromatic carbocycles. The average molecular weight is 638 g/mol. The predicted molar refractivity (Wildman–Crippen MR) is 179 cm³/mol. The molecule has 8 nitrogen and oxygen atoms in total. The van der Waals surface area contributed by atoms with E-state index in [9.17, 15) is 24.4 Å². The summed E-state index contributed by atoms with van der Waals surface area (Å²) in [5.41, 5.74) is 5.63. The molecule has 5 aromatic rings. The van der Waals surface area contributed by atoms with Crippen LogP contribution < -0.4 is 4.90 Å². The number of hydrogen-bond acceptors (Lipinski definition) is 8. The molecule has 9 heteroatoms. The maximum absolute atomic E-state index is 13.4. The van der Waals surface area contributed by atoms with Crippen LogP contribution in [0, 0.1) is 18.3 Å². The molecule has 6 rings (SSSR count). The fourth-order valence-electron chi connectivity index (χ4n) is 5.28. The van der Waals surface area contributed by atoms with E-state index in [4.69, 9.17) is 9.72 Å². The van der Waals surface area contributed by atoms with Crippen LogP contribution in [0.25, 0.3) is 22.4 Å². The van der Waals surface area contributed by atoms with Crippen molar-refractivity contribution in [2.24, 2.45) is 0 Å². The number of nitriles is 1. The highest BCUT2D eigenvalue weighted by Gasteiger charge is 2.41. The first-order valence-electron chi connectivity index (χ1n) is 14.8. The van der Waals surface area contributed by atoms with Gasteiger partial charge in [-0.05, 0) is 53.9 Å². The lowest BCUT2D eigenvalue weighted by atomic mass is 10.0. The van der Waals surface area contributed by atoms with Gasteiger partial charge < -0.3 is 4.74 Å². The van der Waals surface area contributed by atoms with Crippen LogP contribution in [0.1, 0.15) is 38.3 Å². The summed E-state index contributed by atoms with van der Waals surface area (Å²) in [5, 5.41) is 9.36. The number of ether oxygens (including phenoxy) is 1. The Morgan fingerprint density at radius 3 is 2.09 bits per heavy atom. The highest BCUT2D eigenvalue weighted by molar-refractivity contribution is 8.00. The molecule has 0 radical (unpaired) electrons. The Bertz CT molecular complexity index is 2020. The van der Waals surface area contributed by atoms with Crippen molar-refractivity contribution in [3.05, 3.63) is 138 Å². The van der Waals surface area contributed by atoms with E-state index in [1.54, 1.807) is 18.2 Å². The van der Waals surface area contributed by atoms with Crippen molar-refractivity contribution in [1.82, 2.24) is 4.98 Å². The largest absolute Gasteiger partial charge is 0.454 e. The maximum atomic E-state index is 13.4. The zero-order chi connectivity index (χ0) is 32.9. The Morgan fingerprint density at radius 2 is 1.45 bits per heavy atom. The minimum atomic E-state index is -0.772. The van der Waals surface area contributed by atoms with Crippen LogP contribution in [0.2, 0.25) is 0 Å². The summed E-state index contributed by atoms with van der Waals surface area (Å²) in [6.07, 6.45) is -0.0666. The number of hydrogen-bond donors (Lipinski definition) is 0. The SMILES string of the molecule is Cc1cc(C#N)c(SC2CC(=O)N(c3ccc(C(=O)OCC(=O)c4ccc(-c5ccccc5)cc4)cc3)C2=O)nc1-c1ccccc1. The Morgan fingerprint density at radius 1 is 0.851 bits per heavy atom. The molecule has 0 spiro atoms. The Balaban J connectivity index is 1.09. The first-order chi connectivity index (χ1) is 22.8. The van der Waals surface area contributed by atoms with E-state index in [0.29, 0.717) is 27.5 Å². The van der Waals surface area contributed by atoms with E-state index in [2.05, 4.69) is 6.07 Å². The second kappa shape index (κ2) is 13.6. The first-order valence-corrected chi connectivity index (χ1v) is 15.7. The van der Waals surface area contributed by atoms with Gasteiger partial charge >= 0.3 is 5.97 Å². The minimum Gasteiger partial charge on any atom is -0.454 e. The number of amides is 2. The molecule has 0 N–H and O–H groups in total. The van der Waals surface area contributed by atoms with Gasteiger partial charge in [0, 0.05) is 17.5 Å². The Kier molecular flexibility index (Phi) is 9.04. The monoisotopic (exact) mass is 637 g/mol. The molecule has 1 fully saturated rings. The van der Waals surface area contributed by atoms with Crippen LogP contribution in [0.3, 0.4) is 0 Å². The summed E-state index contributed by atoms with van der Waals surface area (Å²) in [6.45, 7) is 1.44. The van der Waals surface area contributed by atoms with Crippen LogP contribution in [0.4, 0.5) is 5.69 Å². The third-order valence-corrected chi connectivity index (χ3v) is 8.90. The van der Waals surface area contributed by atoms with Crippen LogP contribution in [-0.2, 0) is 14.3 Å². The lowest BCUT2D eigenvalue weighted by Gasteiger charge is -2.16. The van der Waals surface area contributed by atoms with Gasteiger partial charge in [0.1, 0.15) is 11.1 Å². The molecule has 1 aliphatic heterocycles. The third-order valence-electron chi connectivity index (χ3n) is 7.71. The van der Waals surface area contributed by atoms with Crippen molar-refractivity contribution >= 4 is 41.0 Å². The number of carbonyl (C=O) groups is 4. The number of rotatable bonds is 9. The summed E-state index contributed by atoms with van der Waals surface area (Å²) >= 11 is 1.09. The molecule has 1 aliphatic rings. The molecule has 0 saturated carbocycles. The number of thioether (sulfide) groups is 1.